The number of methoxy groups -OCH3 is 1. The lowest BCUT2D eigenvalue weighted by Crippen LogP contribution is -2.38. The number of halogens is 3. The zero-order valence-electron chi connectivity index (χ0n) is 12.3. The van der Waals surface area contributed by atoms with Crippen molar-refractivity contribution in [3.05, 3.63) is 35.4 Å². The van der Waals surface area contributed by atoms with Gasteiger partial charge < -0.3 is 15.4 Å². The van der Waals surface area contributed by atoms with Crippen molar-refractivity contribution < 1.29 is 13.5 Å². The van der Waals surface area contributed by atoms with Crippen LogP contribution in [0.25, 0.3) is 0 Å². The molecule has 4 nitrogen and oxygen atoms in total. The van der Waals surface area contributed by atoms with E-state index in [0.29, 0.717) is 32.2 Å². The van der Waals surface area contributed by atoms with Gasteiger partial charge in [0.1, 0.15) is 11.6 Å². The van der Waals surface area contributed by atoms with Crippen LogP contribution in [-0.4, -0.2) is 39.3 Å². The summed E-state index contributed by atoms with van der Waals surface area (Å²) in [7, 11) is 1.61. The van der Waals surface area contributed by atoms with Crippen molar-refractivity contribution in [1.82, 2.24) is 10.6 Å². The lowest BCUT2D eigenvalue weighted by Gasteiger charge is -2.11. The smallest absolute Gasteiger partial charge is 0.191 e. The van der Waals surface area contributed by atoms with Gasteiger partial charge in [-0.25, -0.2) is 8.78 Å². The summed E-state index contributed by atoms with van der Waals surface area (Å²) in [5.41, 5.74) is 0.0905. The fourth-order valence-corrected chi connectivity index (χ4v) is 1.67. The van der Waals surface area contributed by atoms with Crippen LogP contribution in [0.1, 0.15) is 12.5 Å². The Morgan fingerprint density at radius 1 is 1.24 bits per heavy atom. The van der Waals surface area contributed by atoms with Crippen molar-refractivity contribution in [1.29, 1.82) is 0 Å². The Balaban J connectivity index is 0.00000400. The molecule has 0 fully saturated rings. The first-order valence-corrected chi connectivity index (χ1v) is 6.63. The van der Waals surface area contributed by atoms with Gasteiger partial charge in [0.2, 0.25) is 0 Å². The van der Waals surface area contributed by atoms with Crippen LogP contribution >= 0.6 is 24.0 Å². The summed E-state index contributed by atoms with van der Waals surface area (Å²) >= 11 is 0. The van der Waals surface area contributed by atoms with E-state index in [1.165, 1.54) is 18.2 Å². The molecule has 0 radical (unpaired) electrons. The number of benzene rings is 1. The summed E-state index contributed by atoms with van der Waals surface area (Å²) in [6, 6.07) is 3.88. The number of hydrogen-bond donors (Lipinski definition) is 2. The maximum atomic E-state index is 13.4. The molecule has 1 aromatic rings. The molecule has 0 aromatic heterocycles. The van der Waals surface area contributed by atoms with Crippen LogP contribution in [0.15, 0.2) is 23.2 Å². The number of rotatable bonds is 7. The predicted molar refractivity (Wildman–Crippen MR) is 91.3 cm³/mol. The predicted octanol–water partition coefficient (Wildman–Crippen LogP) is 2.33. The Bertz CT molecular complexity index is 424. The van der Waals surface area contributed by atoms with E-state index in [2.05, 4.69) is 15.6 Å². The minimum absolute atomic E-state index is 0. The molecule has 7 heteroatoms. The average molecular weight is 413 g/mol. The minimum Gasteiger partial charge on any atom is -0.383 e. The average Bonchev–Trinajstić information content (AvgIpc) is 2.42. The maximum Gasteiger partial charge on any atom is 0.191 e. The van der Waals surface area contributed by atoms with Crippen LogP contribution in [-0.2, 0) is 11.2 Å². The van der Waals surface area contributed by atoms with E-state index in [1.54, 1.807) is 7.11 Å². The van der Waals surface area contributed by atoms with Gasteiger partial charge in [0.05, 0.1) is 13.2 Å². The molecule has 2 N–H and O–H groups in total. The number of guanidine groups is 1. The first-order valence-electron chi connectivity index (χ1n) is 6.63. The Morgan fingerprint density at radius 3 is 2.48 bits per heavy atom. The molecule has 0 bridgehead atoms. The van der Waals surface area contributed by atoms with E-state index in [-0.39, 0.29) is 36.0 Å². The van der Waals surface area contributed by atoms with Gasteiger partial charge in [-0.3, -0.25) is 4.99 Å². The summed E-state index contributed by atoms with van der Waals surface area (Å²) in [5.74, 6) is -0.428. The summed E-state index contributed by atoms with van der Waals surface area (Å²) in [6.45, 7) is 4.12. The third-order valence-corrected chi connectivity index (χ3v) is 2.64. The molecule has 1 rings (SSSR count). The molecule has 0 saturated heterocycles. The van der Waals surface area contributed by atoms with Gasteiger partial charge in [0.25, 0.3) is 0 Å². The van der Waals surface area contributed by atoms with Crippen molar-refractivity contribution in [2.75, 3.05) is 33.4 Å². The summed E-state index contributed by atoms with van der Waals surface area (Å²) in [5, 5.41) is 6.09. The Hall–Kier alpha value is -0.960. The monoisotopic (exact) mass is 413 g/mol. The lowest BCUT2D eigenvalue weighted by molar-refractivity contribution is 0.208. The largest absolute Gasteiger partial charge is 0.383 e. The lowest BCUT2D eigenvalue weighted by atomic mass is 10.1. The topological polar surface area (TPSA) is 45.7 Å². The molecular weight excluding hydrogens is 391 g/mol. The number of hydrogen-bond acceptors (Lipinski definition) is 2. The minimum atomic E-state index is -0.520. The molecule has 120 valence electrons. The van der Waals surface area contributed by atoms with E-state index >= 15 is 0 Å². The second-order valence-corrected chi connectivity index (χ2v) is 4.13. The summed E-state index contributed by atoms with van der Waals surface area (Å²) in [6.07, 6.45) is 0.257. The summed E-state index contributed by atoms with van der Waals surface area (Å²) in [4.78, 5) is 4.26. The fourth-order valence-electron chi connectivity index (χ4n) is 1.67. The van der Waals surface area contributed by atoms with Crippen LogP contribution in [0, 0.1) is 11.6 Å². The second kappa shape index (κ2) is 11.7. The zero-order valence-corrected chi connectivity index (χ0v) is 14.6. The summed E-state index contributed by atoms with van der Waals surface area (Å²) < 4.78 is 31.8. The maximum absolute atomic E-state index is 13.4. The SMILES string of the molecule is CCNC(=NCCOC)NCCc1c(F)cccc1F.I. The molecule has 0 aliphatic heterocycles. The van der Waals surface area contributed by atoms with Crippen molar-refractivity contribution >= 4 is 29.9 Å². The van der Waals surface area contributed by atoms with Crippen molar-refractivity contribution in [3.8, 4) is 0 Å². The van der Waals surface area contributed by atoms with Gasteiger partial charge in [-0.1, -0.05) is 6.07 Å². The van der Waals surface area contributed by atoms with Crippen LogP contribution < -0.4 is 10.6 Å². The van der Waals surface area contributed by atoms with Gasteiger partial charge in [-0.15, -0.1) is 24.0 Å². The molecule has 0 aliphatic rings. The first kappa shape index (κ1) is 20.0. The van der Waals surface area contributed by atoms with E-state index in [4.69, 9.17) is 4.74 Å². The van der Waals surface area contributed by atoms with Gasteiger partial charge in [-0.05, 0) is 25.5 Å². The third kappa shape index (κ3) is 7.56. The number of nitrogens with one attached hydrogen (secondary N) is 2. The molecule has 21 heavy (non-hydrogen) atoms. The van der Waals surface area contributed by atoms with E-state index in [1.807, 2.05) is 6.92 Å². The molecule has 0 saturated carbocycles. The van der Waals surface area contributed by atoms with Gasteiger partial charge in [0.15, 0.2) is 5.96 Å². The molecule has 0 heterocycles. The van der Waals surface area contributed by atoms with Crippen LogP contribution in [0.2, 0.25) is 0 Å². The van der Waals surface area contributed by atoms with Crippen LogP contribution in [0.5, 0.6) is 0 Å². The standard InChI is InChI=1S/C14H21F2N3O.HI/c1-3-17-14(19-9-10-20-2)18-8-7-11-12(15)5-4-6-13(11)16;/h4-6H,3,7-10H2,1-2H3,(H2,17,18,19);1H. The first-order chi connectivity index (χ1) is 9.69. The molecule has 0 unspecified atom stereocenters. The molecular formula is C14H22F2IN3O. The highest BCUT2D eigenvalue weighted by Gasteiger charge is 2.07. The van der Waals surface area contributed by atoms with E-state index in [0.717, 1.165) is 0 Å². The fraction of sp³-hybridized carbons (Fsp3) is 0.500. The van der Waals surface area contributed by atoms with Crippen molar-refractivity contribution in [2.45, 2.75) is 13.3 Å². The Labute approximate surface area is 141 Å². The van der Waals surface area contributed by atoms with E-state index in [9.17, 15) is 8.78 Å². The highest BCUT2D eigenvalue weighted by atomic mass is 127. The highest BCUT2D eigenvalue weighted by molar-refractivity contribution is 14.0. The quantitative estimate of drug-likeness (QED) is 0.312. The van der Waals surface area contributed by atoms with E-state index < -0.39 is 11.6 Å². The third-order valence-electron chi connectivity index (χ3n) is 2.64. The normalized spacial score (nSPS) is 11.0. The zero-order chi connectivity index (χ0) is 14.8. The number of aliphatic imine (C=N–C) groups is 1. The van der Waals surface area contributed by atoms with Crippen molar-refractivity contribution in [2.24, 2.45) is 4.99 Å². The number of ether oxygens (including phenoxy) is 1. The van der Waals surface area contributed by atoms with Gasteiger partial charge >= 0.3 is 0 Å². The van der Waals surface area contributed by atoms with Crippen LogP contribution in [0.4, 0.5) is 8.78 Å². The van der Waals surface area contributed by atoms with Crippen LogP contribution in [0.3, 0.4) is 0 Å². The Morgan fingerprint density at radius 2 is 1.90 bits per heavy atom. The Kier molecular flexibility index (Phi) is 11.1. The number of nitrogens with zero attached hydrogens (tertiary/aromatic N) is 1. The molecule has 0 atom stereocenters. The molecule has 0 spiro atoms. The molecule has 0 aliphatic carbocycles. The van der Waals surface area contributed by atoms with Gasteiger partial charge in [-0.2, -0.15) is 0 Å². The highest BCUT2D eigenvalue weighted by Crippen LogP contribution is 2.11. The van der Waals surface area contributed by atoms with Gasteiger partial charge in [0, 0.05) is 25.8 Å². The van der Waals surface area contributed by atoms with Crippen molar-refractivity contribution in [3.63, 3.8) is 0 Å². The molecule has 1 aromatic carbocycles. The molecule has 0 amide bonds. The second-order valence-electron chi connectivity index (χ2n) is 4.13.